The number of carbonyl (C=O) groups excluding carboxylic acids is 1. The molecule has 0 fully saturated rings. The monoisotopic (exact) mass is 329 g/mol. The molecular weight excluding hydrogens is 306 g/mol. The first kappa shape index (κ1) is 17.8. The number of benzene rings is 1. The van der Waals surface area contributed by atoms with Crippen LogP contribution in [0.15, 0.2) is 34.7 Å². The molecule has 0 bridgehead atoms. The van der Waals surface area contributed by atoms with Crippen molar-refractivity contribution in [2.75, 3.05) is 0 Å². The molecule has 0 radical (unpaired) electrons. The van der Waals surface area contributed by atoms with E-state index >= 15 is 0 Å². The Morgan fingerprint density at radius 2 is 1.92 bits per heavy atom. The van der Waals surface area contributed by atoms with Crippen LogP contribution in [0.2, 0.25) is 0 Å². The fourth-order valence-corrected chi connectivity index (χ4v) is 2.80. The topological polar surface area (TPSA) is 79.5 Å². The average Bonchev–Trinajstić information content (AvgIpc) is 2.97. The lowest BCUT2D eigenvalue weighted by molar-refractivity contribution is -0.137. The highest BCUT2D eigenvalue weighted by Crippen LogP contribution is 2.23. The summed E-state index contributed by atoms with van der Waals surface area (Å²) in [5.41, 5.74) is 2.74. The normalized spacial score (nSPS) is 12.0. The standard InChI is InChI=1S/C19H23NO4/c1-4-13-10-17(24-16(13)5-2)19(23)20-15(11-18(21)22)14-9-7-6-8-12(14)3/h6-10,15H,4-5,11H2,1-3H3,(H,20,23)(H,21,22). The maximum absolute atomic E-state index is 12.5. The molecule has 0 saturated heterocycles. The minimum absolute atomic E-state index is 0.182. The van der Waals surface area contributed by atoms with E-state index in [1.165, 1.54) is 0 Å². The molecule has 24 heavy (non-hydrogen) atoms. The molecule has 0 aliphatic heterocycles. The van der Waals surface area contributed by atoms with E-state index in [0.717, 1.165) is 28.9 Å². The van der Waals surface area contributed by atoms with E-state index in [-0.39, 0.29) is 18.1 Å². The molecule has 2 rings (SSSR count). The van der Waals surface area contributed by atoms with Crippen LogP contribution >= 0.6 is 0 Å². The van der Waals surface area contributed by atoms with Crippen LogP contribution in [-0.2, 0) is 17.6 Å². The summed E-state index contributed by atoms with van der Waals surface area (Å²) in [5.74, 6) is -0.327. The second-order valence-corrected chi connectivity index (χ2v) is 5.75. The Bertz CT molecular complexity index is 711. The molecule has 2 N–H and O–H groups in total. The minimum Gasteiger partial charge on any atom is -0.481 e. The Labute approximate surface area is 141 Å². The fraction of sp³-hybridized carbons (Fsp3) is 0.368. The van der Waals surface area contributed by atoms with Gasteiger partial charge in [0.15, 0.2) is 5.76 Å². The molecule has 5 nitrogen and oxygen atoms in total. The third kappa shape index (κ3) is 4.04. The number of carbonyl (C=O) groups is 2. The SMILES string of the molecule is CCc1cc(C(=O)NC(CC(=O)O)c2ccccc2C)oc1CC. The second-order valence-electron chi connectivity index (χ2n) is 5.75. The van der Waals surface area contributed by atoms with Gasteiger partial charge in [0.25, 0.3) is 5.91 Å². The number of furan rings is 1. The van der Waals surface area contributed by atoms with Crippen LogP contribution in [0.4, 0.5) is 0 Å². The smallest absolute Gasteiger partial charge is 0.305 e. The summed E-state index contributed by atoms with van der Waals surface area (Å²) in [5, 5.41) is 12.0. The fourth-order valence-electron chi connectivity index (χ4n) is 2.80. The lowest BCUT2D eigenvalue weighted by Gasteiger charge is -2.18. The van der Waals surface area contributed by atoms with Crippen molar-refractivity contribution in [1.82, 2.24) is 5.32 Å². The summed E-state index contributed by atoms with van der Waals surface area (Å²) in [6.45, 7) is 5.88. The molecule has 1 amide bonds. The van der Waals surface area contributed by atoms with Gasteiger partial charge in [0.05, 0.1) is 12.5 Å². The van der Waals surface area contributed by atoms with E-state index in [0.29, 0.717) is 6.42 Å². The number of hydrogen-bond donors (Lipinski definition) is 2. The Kier molecular flexibility index (Phi) is 5.79. The van der Waals surface area contributed by atoms with Crippen molar-refractivity contribution >= 4 is 11.9 Å². The van der Waals surface area contributed by atoms with Crippen LogP contribution in [0.1, 0.15) is 59.3 Å². The van der Waals surface area contributed by atoms with Crippen molar-refractivity contribution in [2.24, 2.45) is 0 Å². The second kappa shape index (κ2) is 7.81. The van der Waals surface area contributed by atoms with Gasteiger partial charge >= 0.3 is 5.97 Å². The largest absolute Gasteiger partial charge is 0.481 e. The molecule has 2 aromatic rings. The summed E-state index contributed by atoms with van der Waals surface area (Å²) in [7, 11) is 0. The number of rotatable bonds is 7. The molecule has 0 saturated carbocycles. The van der Waals surface area contributed by atoms with E-state index in [1.54, 1.807) is 6.07 Å². The molecule has 0 aliphatic carbocycles. The Morgan fingerprint density at radius 3 is 2.46 bits per heavy atom. The zero-order chi connectivity index (χ0) is 17.7. The number of nitrogens with one attached hydrogen (secondary N) is 1. The quantitative estimate of drug-likeness (QED) is 0.812. The number of hydrogen-bond acceptors (Lipinski definition) is 3. The van der Waals surface area contributed by atoms with E-state index < -0.39 is 12.0 Å². The van der Waals surface area contributed by atoms with Crippen LogP contribution in [-0.4, -0.2) is 17.0 Å². The summed E-state index contributed by atoms with van der Waals surface area (Å²) in [6, 6.07) is 8.58. The summed E-state index contributed by atoms with van der Waals surface area (Å²) < 4.78 is 5.63. The van der Waals surface area contributed by atoms with Crippen molar-refractivity contribution in [2.45, 2.75) is 46.1 Å². The van der Waals surface area contributed by atoms with Crippen molar-refractivity contribution in [3.63, 3.8) is 0 Å². The molecular formula is C19H23NO4. The third-order valence-corrected chi connectivity index (χ3v) is 4.07. The van der Waals surface area contributed by atoms with Crippen molar-refractivity contribution in [1.29, 1.82) is 0 Å². The van der Waals surface area contributed by atoms with Gasteiger partial charge in [-0.25, -0.2) is 0 Å². The third-order valence-electron chi connectivity index (χ3n) is 4.07. The van der Waals surface area contributed by atoms with Gasteiger partial charge in [0.1, 0.15) is 5.76 Å². The first-order valence-electron chi connectivity index (χ1n) is 8.16. The van der Waals surface area contributed by atoms with Crippen molar-refractivity contribution in [3.05, 3.63) is 58.5 Å². The van der Waals surface area contributed by atoms with Gasteiger partial charge in [-0.15, -0.1) is 0 Å². The lowest BCUT2D eigenvalue weighted by atomic mass is 9.98. The highest BCUT2D eigenvalue weighted by atomic mass is 16.4. The first-order valence-corrected chi connectivity index (χ1v) is 8.16. The summed E-state index contributed by atoms with van der Waals surface area (Å²) >= 11 is 0. The van der Waals surface area contributed by atoms with Gasteiger partial charge in [-0.05, 0) is 36.1 Å². The van der Waals surface area contributed by atoms with E-state index in [4.69, 9.17) is 9.52 Å². The van der Waals surface area contributed by atoms with E-state index in [1.807, 2.05) is 45.0 Å². The van der Waals surface area contributed by atoms with E-state index in [9.17, 15) is 9.59 Å². The Morgan fingerprint density at radius 1 is 1.21 bits per heavy atom. The van der Waals surface area contributed by atoms with E-state index in [2.05, 4.69) is 5.32 Å². The molecule has 1 aromatic carbocycles. The number of aliphatic carboxylic acids is 1. The highest BCUT2D eigenvalue weighted by molar-refractivity contribution is 5.92. The van der Waals surface area contributed by atoms with Crippen LogP contribution in [0, 0.1) is 6.92 Å². The zero-order valence-electron chi connectivity index (χ0n) is 14.3. The number of carboxylic acids is 1. The predicted molar refractivity (Wildman–Crippen MR) is 91.1 cm³/mol. The first-order chi connectivity index (χ1) is 11.5. The minimum atomic E-state index is -0.966. The average molecular weight is 329 g/mol. The molecule has 1 aromatic heterocycles. The molecule has 0 spiro atoms. The lowest BCUT2D eigenvalue weighted by Crippen LogP contribution is -2.30. The molecule has 1 heterocycles. The summed E-state index contributed by atoms with van der Waals surface area (Å²) in [4.78, 5) is 23.7. The number of aryl methyl sites for hydroxylation is 3. The Hall–Kier alpha value is -2.56. The van der Waals surface area contributed by atoms with Crippen LogP contribution in [0.25, 0.3) is 0 Å². The van der Waals surface area contributed by atoms with Gasteiger partial charge < -0.3 is 14.8 Å². The number of amides is 1. The summed E-state index contributed by atoms with van der Waals surface area (Å²) in [6.07, 6.45) is 1.32. The van der Waals surface area contributed by atoms with Gasteiger partial charge in [0, 0.05) is 6.42 Å². The maximum Gasteiger partial charge on any atom is 0.305 e. The molecule has 5 heteroatoms. The highest BCUT2D eigenvalue weighted by Gasteiger charge is 2.22. The molecule has 128 valence electrons. The van der Waals surface area contributed by atoms with Crippen LogP contribution < -0.4 is 5.32 Å². The predicted octanol–water partition coefficient (Wildman–Crippen LogP) is 3.66. The van der Waals surface area contributed by atoms with Gasteiger partial charge in [-0.3, -0.25) is 9.59 Å². The van der Waals surface area contributed by atoms with Crippen LogP contribution in [0.5, 0.6) is 0 Å². The van der Waals surface area contributed by atoms with Gasteiger partial charge in [0.2, 0.25) is 0 Å². The Balaban J connectivity index is 2.26. The van der Waals surface area contributed by atoms with Gasteiger partial charge in [-0.2, -0.15) is 0 Å². The van der Waals surface area contributed by atoms with Gasteiger partial charge in [-0.1, -0.05) is 38.1 Å². The van der Waals surface area contributed by atoms with Crippen LogP contribution in [0.3, 0.4) is 0 Å². The van der Waals surface area contributed by atoms with Crippen molar-refractivity contribution < 1.29 is 19.1 Å². The molecule has 1 atom stereocenters. The number of carboxylic acid groups (broad SMARTS) is 1. The van der Waals surface area contributed by atoms with Crippen molar-refractivity contribution in [3.8, 4) is 0 Å². The molecule has 1 unspecified atom stereocenters. The maximum atomic E-state index is 12.5. The zero-order valence-corrected chi connectivity index (χ0v) is 14.3. The molecule has 0 aliphatic rings.